The first-order valence-corrected chi connectivity index (χ1v) is 6.80. The minimum Gasteiger partial charge on any atom is -0.363 e. The minimum absolute atomic E-state index is 0.0409. The van der Waals surface area contributed by atoms with Gasteiger partial charge in [-0.15, -0.1) is 0 Å². The fourth-order valence-electron chi connectivity index (χ4n) is 2.46. The van der Waals surface area contributed by atoms with Crippen molar-refractivity contribution < 1.29 is 4.39 Å². The van der Waals surface area contributed by atoms with Crippen LogP contribution in [-0.4, -0.2) is 18.1 Å². The summed E-state index contributed by atoms with van der Waals surface area (Å²) in [6, 6.07) is 8.54. The van der Waals surface area contributed by atoms with Crippen molar-refractivity contribution in [3.8, 4) is 0 Å². The highest BCUT2D eigenvalue weighted by Crippen LogP contribution is 2.27. The molecule has 0 aliphatic heterocycles. The summed E-state index contributed by atoms with van der Waals surface area (Å²) in [6.07, 6.45) is 3.64. The highest BCUT2D eigenvalue weighted by Gasteiger charge is 2.20. The van der Waals surface area contributed by atoms with E-state index in [0.29, 0.717) is 6.54 Å². The van der Waals surface area contributed by atoms with E-state index in [0.717, 1.165) is 23.4 Å². The molecule has 0 radical (unpaired) electrons. The van der Waals surface area contributed by atoms with Gasteiger partial charge < -0.3 is 10.6 Å². The largest absolute Gasteiger partial charge is 0.363 e. The molecular weight excluding hydrogens is 253 g/mol. The third-order valence-corrected chi connectivity index (χ3v) is 3.54. The van der Waals surface area contributed by atoms with Crippen LogP contribution in [0.5, 0.6) is 0 Å². The van der Waals surface area contributed by atoms with Crippen molar-refractivity contribution in [2.24, 2.45) is 5.73 Å². The molecule has 0 saturated carbocycles. The summed E-state index contributed by atoms with van der Waals surface area (Å²) in [5, 5.41) is 0. The zero-order valence-electron chi connectivity index (χ0n) is 11.9. The lowest BCUT2D eigenvalue weighted by Gasteiger charge is -2.33. The summed E-state index contributed by atoms with van der Waals surface area (Å²) in [5.41, 5.74) is 9.21. The number of benzene rings is 1. The van der Waals surface area contributed by atoms with Crippen molar-refractivity contribution in [3.05, 3.63) is 59.7 Å². The average Bonchev–Trinajstić information content (AvgIpc) is 2.47. The smallest absolute Gasteiger partial charge is 0.123 e. The number of hydrogen-bond acceptors (Lipinski definition) is 3. The van der Waals surface area contributed by atoms with Gasteiger partial charge in [-0.2, -0.15) is 0 Å². The monoisotopic (exact) mass is 273 g/mol. The molecule has 1 atom stereocenters. The number of rotatable bonds is 5. The molecule has 4 heteroatoms. The summed E-state index contributed by atoms with van der Waals surface area (Å²) >= 11 is 0. The quantitative estimate of drug-likeness (QED) is 0.910. The summed E-state index contributed by atoms with van der Waals surface area (Å²) in [6.45, 7) is 5.40. The molecule has 2 N–H and O–H groups in total. The second kappa shape index (κ2) is 6.48. The van der Waals surface area contributed by atoms with Crippen molar-refractivity contribution in [3.63, 3.8) is 0 Å². The normalized spacial score (nSPS) is 12.2. The molecule has 0 fully saturated rings. The number of pyridine rings is 1. The molecular formula is C16H20FN3. The molecule has 3 nitrogen and oxygen atoms in total. The van der Waals surface area contributed by atoms with E-state index in [1.165, 1.54) is 12.1 Å². The Bertz CT molecular complexity index is 554. The van der Waals surface area contributed by atoms with E-state index in [1.54, 1.807) is 18.3 Å². The maximum atomic E-state index is 13.1. The van der Waals surface area contributed by atoms with E-state index in [2.05, 4.69) is 23.7 Å². The number of anilines is 1. The summed E-state index contributed by atoms with van der Waals surface area (Å²) < 4.78 is 13.1. The number of likely N-dealkylation sites (N-methyl/N-ethyl adjacent to an activating group) is 1. The van der Waals surface area contributed by atoms with Crippen LogP contribution in [0.3, 0.4) is 0 Å². The van der Waals surface area contributed by atoms with Crippen molar-refractivity contribution in [2.75, 3.05) is 18.0 Å². The number of halogens is 1. The standard InChI is InChI=1S/C16H20FN3/c1-3-20(14-6-4-13(17)5-7-14)16(10-18)15-11-19-9-8-12(15)2/h4-9,11,16H,3,10,18H2,1-2H3. The highest BCUT2D eigenvalue weighted by molar-refractivity contribution is 5.49. The van der Waals surface area contributed by atoms with Crippen LogP contribution in [0, 0.1) is 12.7 Å². The SMILES string of the molecule is CCN(c1ccc(F)cc1)C(CN)c1cnccc1C. The molecule has 2 rings (SSSR count). The molecule has 0 bridgehead atoms. The van der Waals surface area contributed by atoms with Crippen molar-refractivity contribution in [2.45, 2.75) is 19.9 Å². The van der Waals surface area contributed by atoms with Crippen molar-refractivity contribution in [1.29, 1.82) is 0 Å². The van der Waals surface area contributed by atoms with Gasteiger partial charge in [-0.3, -0.25) is 4.98 Å². The molecule has 1 heterocycles. The number of nitrogens with two attached hydrogens (primary N) is 1. The lowest BCUT2D eigenvalue weighted by Crippen LogP contribution is -2.34. The summed E-state index contributed by atoms with van der Waals surface area (Å²) in [5.74, 6) is -0.230. The Hall–Kier alpha value is -1.94. The number of aryl methyl sites for hydroxylation is 1. The van der Waals surface area contributed by atoms with Crippen LogP contribution >= 0.6 is 0 Å². The molecule has 0 aliphatic rings. The van der Waals surface area contributed by atoms with Crippen molar-refractivity contribution >= 4 is 5.69 Å². The van der Waals surface area contributed by atoms with Crippen LogP contribution in [0.25, 0.3) is 0 Å². The van der Waals surface area contributed by atoms with Crippen LogP contribution in [-0.2, 0) is 0 Å². The molecule has 1 unspecified atom stereocenters. The van der Waals surface area contributed by atoms with Crippen LogP contribution in [0.2, 0.25) is 0 Å². The first kappa shape index (κ1) is 14.5. The molecule has 0 saturated heterocycles. The van der Waals surface area contributed by atoms with Crippen LogP contribution < -0.4 is 10.6 Å². The Morgan fingerprint density at radius 1 is 1.25 bits per heavy atom. The Kier molecular flexibility index (Phi) is 4.69. The van der Waals surface area contributed by atoms with E-state index >= 15 is 0 Å². The van der Waals surface area contributed by atoms with E-state index in [9.17, 15) is 4.39 Å². The van der Waals surface area contributed by atoms with Gasteiger partial charge in [0, 0.05) is 31.2 Å². The molecule has 1 aromatic carbocycles. The predicted molar refractivity (Wildman–Crippen MR) is 80.2 cm³/mol. The van der Waals surface area contributed by atoms with E-state index < -0.39 is 0 Å². The zero-order chi connectivity index (χ0) is 14.5. The number of nitrogens with zero attached hydrogens (tertiary/aromatic N) is 2. The second-order valence-electron chi connectivity index (χ2n) is 4.75. The Morgan fingerprint density at radius 2 is 1.95 bits per heavy atom. The third-order valence-electron chi connectivity index (χ3n) is 3.54. The topological polar surface area (TPSA) is 42.1 Å². The van der Waals surface area contributed by atoms with E-state index in [1.807, 2.05) is 12.3 Å². The minimum atomic E-state index is -0.230. The lowest BCUT2D eigenvalue weighted by atomic mass is 10.0. The Balaban J connectivity index is 2.38. The lowest BCUT2D eigenvalue weighted by molar-refractivity contribution is 0.621. The highest BCUT2D eigenvalue weighted by atomic mass is 19.1. The fraction of sp³-hybridized carbons (Fsp3) is 0.312. The van der Waals surface area contributed by atoms with Gasteiger partial charge in [0.1, 0.15) is 5.82 Å². The van der Waals surface area contributed by atoms with E-state index in [-0.39, 0.29) is 11.9 Å². The maximum Gasteiger partial charge on any atom is 0.123 e. The fourth-order valence-corrected chi connectivity index (χ4v) is 2.46. The van der Waals surface area contributed by atoms with Gasteiger partial charge >= 0.3 is 0 Å². The number of hydrogen-bond donors (Lipinski definition) is 1. The predicted octanol–water partition coefficient (Wildman–Crippen LogP) is 3.06. The molecule has 1 aromatic heterocycles. The third kappa shape index (κ3) is 2.96. The molecule has 106 valence electrons. The molecule has 0 aliphatic carbocycles. The van der Waals surface area contributed by atoms with Gasteiger partial charge in [0.2, 0.25) is 0 Å². The Morgan fingerprint density at radius 3 is 2.50 bits per heavy atom. The van der Waals surface area contributed by atoms with Gasteiger partial charge in [0.25, 0.3) is 0 Å². The molecule has 0 amide bonds. The van der Waals surface area contributed by atoms with Crippen LogP contribution in [0.1, 0.15) is 24.1 Å². The Labute approximate surface area is 119 Å². The van der Waals surface area contributed by atoms with Crippen LogP contribution in [0.15, 0.2) is 42.7 Å². The van der Waals surface area contributed by atoms with Gasteiger partial charge in [0.05, 0.1) is 6.04 Å². The van der Waals surface area contributed by atoms with E-state index in [4.69, 9.17) is 5.73 Å². The molecule has 20 heavy (non-hydrogen) atoms. The van der Waals surface area contributed by atoms with Gasteiger partial charge in [-0.25, -0.2) is 4.39 Å². The summed E-state index contributed by atoms with van der Waals surface area (Å²) in [7, 11) is 0. The second-order valence-corrected chi connectivity index (χ2v) is 4.75. The first-order valence-electron chi connectivity index (χ1n) is 6.80. The van der Waals surface area contributed by atoms with Crippen LogP contribution in [0.4, 0.5) is 10.1 Å². The first-order chi connectivity index (χ1) is 9.67. The number of aromatic nitrogens is 1. The molecule has 0 spiro atoms. The summed E-state index contributed by atoms with van der Waals surface area (Å²) in [4.78, 5) is 6.37. The van der Waals surface area contributed by atoms with Gasteiger partial charge in [-0.1, -0.05) is 0 Å². The van der Waals surface area contributed by atoms with Gasteiger partial charge in [0.15, 0.2) is 0 Å². The van der Waals surface area contributed by atoms with Gasteiger partial charge in [-0.05, 0) is 55.3 Å². The zero-order valence-corrected chi connectivity index (χ0v) is 11.9. The maximum absolute atomic E-state index is 13.1. The van der Waals surface area contributed by atoms with Crippen molar-refractivity contribution in [1.82, 2.24) is 4.98 Å². The molecule has 2 aromatic rings. The average molecular weight is 273 g/mol.